The van der Waals surface area contributed by atoms with Crippen molar-refractivity contribution < 1.29 is 14.3 Å². The lowest BCUT2D eigenvalue weighted by atomic mass is 9.87. The van der Waals surface area contributed by atoms with E-state index in [4.69, 9.17) is 16.2 Å². The van der Waals surface area contributed by atoms with Crippen LogP contribution in [0.4, 0.5) is 4.79 Å². The second-order valence-electron chi connectivity index (χ2n) is 5.60. The molecular weight excluding hydrogens is 246 g/mol. The van der Waals surface area contributed by atoms with Crippen LogP contribution in [-0.4, -0.2) is 42.1 Å². The monoisotopic (exact) mass is 269 g/mol. The zero-order valence-corrected chi connectivity index (χ0v) is 11.2. The molecule has 0 radical (unpaired) electrons. The Morgan fingerprint density at radius 1 is 1.16 bits per heavy atom. The Labute approximate surface area is 113 Å². The Morgan fingerprint density at radius 2 is 1.84 bits per heavy atom. The third kappa shape index (κ3) is 3.59. The van der Waals surface area contributed by atoms with Gasteiger partial charge in [-0.05, 0) is 44.4 Å². The topological polar surface area (TPSA) is 98.7 Å². The second kappa shape index (κ2) is 6.23. The molecule has 2 rings (SSSR count). The molecule has 0 aromatic rings. The number of urea groups is 1. The minimum Gasteiger partial charge on any atom is -0.464 e. The maximum absolute atomic E-state index is 12.0. The van der Waals surface area contributed by atoms with E-state index in [-0.39, 0.29) is 5.97 Å². The number of nitrogens with zero attached hydrogens (tertiary/aromatic N) is 1. The van der Waals surface area contributed by atoms with E-state index in [0.29, 0.717) is 31.5 Å². The summed E-state index contributed by atoms with van der Waals surface area (Å²) in [6, 6.07) is -0.724. The first kappa shape index (κ1) is 14.1. The van der Waals surface area contributed by atoms with E-state index in [1.807, 2.05) is 0 Å². The summed E-state index contributed by atoms with van der Waals surface area (Å²) in [4.78, 5) is 24.6. The van der Waals surface area contributed by atoms with Crippen molar-refractivity contribution in [3.05, 3.63) is 0 Å². The molecule has 1 atom stereocenters. The van der Waals surface area contributed by atoms with Crippen LogP contribution in [0, 0.1) is 5.92 Å². The van der Waals surface area contributed by atoms with Crippen LogP contribution < -0.4 is 11.5 Å². The highest BCUT2D eigenvalue weighted by molar-refractivity contribution is 5.83. The number of hydrogen-bond donors (Lipinski definition) is 2. The van der Waals surface area contributed by atoms with Crippen LogP contribution >= 0.6 is 0 Å². The van der Waals surface area contributed by atoms with Gasteiger partial charge in [-0.3, -0.25) is 0 Å². The molecule has 0 aromatic heterocycles. The summed E-state index contributed by atoms with van der Waals surface area (Å²) in [5.74, 6) is 0.0957. The van der Waals surface area contributed by atoms with Crippen LogP contribution in [0.2, 0.25) is 0 Å². The summed E-state index contributed by atoms with van der Waals surface area (Å²) in [7, 11) is 0. The Balaban J connectivity index is 1.76. The van der Waals surface area contributed by atoms with Gasteiger partial charge in [-0.1, -0.05) is 0 Å². The van der Waals surface area contributed by atoms with Gasteiger partial charge in [-0.25, -0.2) is 9.59 Å². The highest BCUT2D eigenvalue weighted by Gasteiger charge is 2.34. The molecule has 19 heavy (non-hydrogen) atoms. The largest absolute Gasteiger partial charge is 0.464 e. The molecule has 0 bridgehead atoms. The van der Waals surface area contributed by atoms with E-state index in [9.17, 15) is 9.59 Å². The smallest absolute Gasteiger partial charge is 0.328 e. The van der Waals surface area contributed by atoms with Gasteiger partial charge >= 0.3 is 12.0 Å². The Hall–Kier alpha value is -1.30. The van der Waals surface area contributed by atoms with E-state index >= 15 is 0 Å². The van der Waals surface area contributed by atoms with Gasteiger partial charge in [0, 0.05) is 12.6 Å². The summed E-state index contributed by atoms with van der Waals surface area (Å²) < 4.78 is 5.35. The number of esters is 1. The molecule has 0 unspecified atom stereocenters. The van der Waals surface area contributed by atoms with Gasteiger partial charge in [0.2, 0.25) is 0 Å². The van der Waals surface area contributed by atoms with Crippen molar-refractivity contribution in [3.8, 4) is 0 Å². The number of carbonyl (C=O) groups excluding carboxylic acids is 2. The molecule has 6 nitrogen and oxygen atoms in total. The number of amides is 2. The quantitative estimate of drug-likeness (QED) is 0.732. The lowest BCUT2D eigenvalue weighted by Crippen LogP contribution is -2.44. The molecule has 2 fully saturated rings. The van der Waals surface area contributed by atoms with E-state index < -0.39 is 12.1 Å². The first-order valence-electron chi connectivity index (χ1n) is 7.06. The van der Waals surface area contributed by atoms with Crippen LogP contribution in [0.25, 0.3) is 0 Å². The zero-order valence-electron chi connectivity index (χ0n) is 11.2. The molecule has 2 aliphatic rings. The van der Waals surface area contributed by atoms with Gasteiger partial charge in [0.15, 0.2) is 0 Å². The lowest BCUT2D eigenvalue weighted by Gasteiger charge is -2.27. The summed E-state index contributed by atoms with van der Waals surface area (Å²) >= 11 is 0. The van der Waals surface area contributed by atoms with Crippen molar-refractivity contribution in [2.45, 2.75) is 50.6 Å². The van der Waals surface area contributed by atoms with E-state index in [2.05, 4.69) is 0 Å². The third-order valence-corrected chi connectivity index (χ3v) is 4.16. The summed E-state index contributed by atoms with van der Waals surface area (Å²) in [6.45, 7) is 0.988. The second-order valence-corrected chi connectivity index (χ2v) is 5.60. The summed E-state index contributed by atoms with van der Waals surface area (Å²) in [6.07, 6.45) is 5.48. The van der Waals surface area contributed by atoms with Gasteiger partial charge in [0.1, 0.15) is 6.04 Å². The van der Waals surface area contributed by atoms with Crippen LogP contribution in [0.1, 0.15) is 38.5 Å². The van der Waals surface area contributed by atoms with Crippen LogP contribution in [0.15, 0.2) is 0 Å². The Kier molecular flexibility index (Phi) is 4.63. The van der Waals surface area contributed by atoms with Crippen LogP contribution in [-0.2, 0) is 9.53 Å². The van der Waals surface area contributed by atoms with Gasteiger partial charge in [0.05, 0.1) is 6.61 Å². The highest BCUT2D eigenvalue weighted by Crippen LogP contribution is 2.24. The molecule has 4 N–H and O–H groups in total. The standard InChI is InChI=1S/C13H23N3O3/c14-10-5-3-9(4-6-10)8-19-12(17)11-2-1-7-16(11)13(15)18/h9-11H,1-8,14H2,(H2,15,18)/t9?,10?,11-/m0/s1. The fourth-order valence-electron chi connectivity index (χ4n) is 2.93. The van der Waals surface area contributed by atoms with Gasteiger partial charge in [-0.2, -0.15) is 0 Å². The summed E-state index contributed by atoms with van der Waals surface area (Å²) in [5.41, 5.74) is 11.1. The molecule has 1 heterocycles. The molecular formula is C13H23N3O3. The molecule has 1 aliphatic carbocycles. The highest BCUT2D eigenvalue weighted by atomic mass is 16.5. The van der Waals surface area contributed by atoms with Gasteiger partial charge < -0.3 is 21.1 Å². The SMILES string of the molecule is NC(=O)N1CCC[C@H]1C(=O)OCC1CCC(N)CC1. The van der Waals surface area contributed by atoms with Gasteiger partial charge in [0.25, 0.3) is 0 Å². The number of ether oxygens (including phenoxy) is 1. The van der Waals surface area contributed by atoms with Crippen molar-refractivity contribution in [2.24, 2.45) is 17.4 Å². The normalized spacial score (nSPS) is 31.2. The minimum absolute atomic E-state index is 0.298. The fraction of sp³-hybridized carbons (Fsp3) is 0.846. The molecule has 1 aliphatic heterocycles. The van der Waals surface area contributed by atoms with Crippen molar-refractivity contribution >= 4 is 12.0 Å². The molecule has 1 saturated heterocycles. The van der Waals surface area contributed by atoms with E-state index in [1.165, 1.54) is 4.90 Å². The predicted octanol–water partition coefficient (Wildman–Crippen LogP) is 0.590. The Morgan fingerprint density at radius 3 is 2.47 bits per heavy atom. The number of carbonyl (C=O) groups is 2. The number of rotatable bonds is 3. The van der Waals surface area contributed by atoms with Crippen molar-refractivity contribution in [3.63, 3.8) is 0 Å². The molecule has 108 valence electrons. The number of hydrogen-bond acceptors (Lipinski definition) is 4. The molecule has 1 saturated carbocycles. The zero-order chi connectivity index (χ0) is 13.8. The third-order valence-electron chi connectivity index (χ3n) is 4.16. The molecule has 0 aromatic carbocycles. The van der Waals surface area contributed by atoms with Crippen molar-refractivity contribution in [1.82, 2.24) is 4.90 Å². The van der Waals surface area contributed by atoms with Crippen molar-refractivity contribution in [1.29, 1.82) is 0 Å². The number of nitrogens with two attached hydrogens (primary N) is 2. The molecule has 2 amide bonds. The van der Waals surface area contributed by atoms with Crippen LogP contribution in [0.3, 0.4) is 0 Å². The molecule has 6 heteroatoms. The fourth-order valence-corrected chi connectivity index (χ4v) is 2.93. The summed E-state index contributed by atoms with van der Waals surface area (Å²) in [5, 5.41) is 0. The van der Waals surface area contributed by atoms with Crippen molar-refractivity contribution in [2.75, 3.05) is 13.2 Å². The minimum atomic E-state index is -0.539. The average Bonchev–Trinajstić information content (AvgIpc) is 2.87. The Bertz CT molecular complexity index is 340. The maximum Gasteiger partial charge on any atom is 0.328 e. The van der Waals surface area contributed by atoms with E-state index in [0.717, 1.165) is 32.1 Å². The number of primary amides is 1. The number of likely N-dealkylation sites (tertiary alicyclic amines) is 1. The first-order chi connectivity index (χ1) is 9.08. The average molecular weight is 269 g/mol. The molecule has 0 spiro atoms. The first-order valence-corrected chi connectivity index (χ1v) is 7.06. The predicted molar refractivity (Wildman–Crippen MR) is 70.2 cm³/mol. The van der Waals surface area contributed by atoms with Gasteiger partial charge in [-0.15, -0.1) is 0 Å². The van der Waals surface area contributed by atoms with E-state index in [1.54, 1.807) is 0 Å². The maximum atomic E-state index is 12.0. The lowest BCUT2D eigenvalue weighted by molar-refractivity contribution is -0.149. The van der Waals surface area contributed by atoms with Crippen LogP contribution in [0.5, 0.6) is 0 Å².